The molecule has 0 fully saturated rings. The van der Waals surface area contributed by atoms with E-state index in [1.54, 1.807) is 26.4 Å². The Bertz CT molecular complexity index is 1050. The first-order chi connectivity index (χ1) is 14.6. The maximum Gasteiger partial charge on any atom is 0.274 e. The minimum atomic E-state index is -0.294. The zero-order valence-corrected chi connectivity index (χ0v) is 17.2. The van der Waals surface area contributed by atoms with Crippen molar-refractivity contribution < 1.29 is 14.4 Å². The Morgan fingerprint density at radius 2 is 1.90 bits per heavy atom. The first kappa shape index (κ1) is 20.0. The number of hydrogen-bond acceptors (Lipinski definition) is 5. The molecular weight excluding hydrogens is 382 g/mol. The van der Waals surface area contributed by atoms with Gasteiger partial charge in [-0.1, -0.05) is 18.2 Å². The summed E-state index contributed by atoms with van der Waals surface area (Å²) in [6, 6.07) is 16.6. The van der Waals surface area contributed by atoms with Crippen LogP contribution in [0.25, 0.3) is 0 Å². The average Bonchev–Trinajstić information content (AvgIpc) is 3.15. The molecule has 4 rings (SSSR count). The van der Waals surface area contributed by atoms with Crippen LogP contribution < -0.4 is 9.47 Å². The van der Waals surface area contributed by atoms with E-state index < -0.39 is 0 Å². The van der Waals surface area contributed by atoms with Gasteiger partial charge in [0, 0.05) is 43.2 Å². The zero-order chi connectivity index (χ0) is 21.1. The molecule has 1 aliphatic heterocycles. The molecule has 2 aromatic carbocycles. The predicted molar refractivity (Wildman–Crippen MR) is 114 cm³/mol. The fourth-order valence-electron chi connectivity index (χ4n) is 4.28. The van der Waals surface area contributed by atoms with E-state index in [9.17, 15) is 10.1 Å². The summed E-state index contributed by atoms with van der Waals surface area (Å²) < 4.78 is 13.2. The van der Waals surface area contributed by atoms with E-state index >= 15 is 0 Å². The molecule has 0 saturated heterocycles. The van der Waals surface area contributed by atoms with Gasteiger partial charge in [-0.25, -0.2) is 0 Å². The lowest BCUT2D eigenvalue weighted by molar-refractivity contribution is -0.385. The van der Waals surface area contributed by atoms with Gasteiger partial charge in [-0.05, 0) is 36.8 Å². The van der Waals surface area contributed by atoms with Crippen molar-refractivity contribution in [2.24, 2.45) is 0 Å². The SMILES string of the molecule is COc1ccc(OC)c(CN2CCCn3cccc3C2c2ccccc2[N+](=O)[O-])c1. The number of benzene rings is 2. The van der Waals surface area contributed by atoms with Crippen LogP contribution in [0.5, 0.6) is 11.5 Å². The number of nitro groups is 1. The molecule has 156 valence electrons. The molecule has 7 heteroatoms. The van der Waals surface area contributed by atoms with Crippen LogP contribution in [0.1, 0.15) is 29.3 Å². The Morgan fingerprint density at radius 3 is 2.67 bits per heavy atom. The van der Waals surface area contributed by atoms with E-state index in [2.05, 4.69) is 15.5 Å². The number of nitro benzene ring substituents is 1. The molecule has 1 unspecified atom stereocenters. The topological polar surface area (TPSA) is 69.8 Å². The van der Waals surface area contributed by atoms with E-state index in [1.807, 2.05) is 42.6 Å². The lowest BCUT2D eigenvalue weighted by Gasteiger charge is -2.31. The monoisotopic (exact) mass is 407 g/mol. The van der Waals surface area contributed by atoms with Crippen molar-refractivity contribution in [3.05, 3.63) is 87.7 Å². The quantitative estimate of drug-likeness (QED) is 0.447. The van der Waals surface area contributed by atoms with Crippen molar-refractivity contribution >= 4 is 5.69 Å². The lowest BCUT2D eigenvalue weighted by atomic mass is 9.99. The molecule has 3 aromatic rings. The summed E-state index contributed by atoms with van der Waals surface area (Å²) in [7, 11) is 3.29. The molecule has 0 radical (unpaired) electrons. The Hall–Kier alpha value is -3.32. The second kappa shape index (κ2) is 8.59. The number of ether oxygens (including phenoxy) is 2. The van der Waals surface area contributed by atoms with Crippen molar-refractivity contribution in [3.8, 4) is 11.5 Å². The number of fused-ring (bicyclic) bond motifs is 1. The molecular formula is C23H25N3O4. The molecule has 1 aliphatic rings. The highest BCUT2D eigenvalue weighted by atomic mass is 16.6. The highest BCUT2D eigenvalue weighted by Gasteiger charge is 2.32. The maximum atomic E-state index is 11.8. The number of aryl methyl sites for hydroxylation is 1. The molecule has 1 atom stereocenters. The summed E-state index contributed by atoms with van der Waals surface area (Å²) in [4.78, 5) is 13.8. The van der Waals surface area contributed by atoms with Gasteiger partial charge in [-0.3, -0.25) is 15.0 Å². The first-order valence-corrected chi connectivity index (χ1v) is 9.95. The number of para-hydroxylation sites is 1. The van der Waals surface area contributed by atoms with Crippen LogP contribution in [0, 0.1) is 10.1 Å². The summed E-state index contributed by atoms with van der Waals surface area (Å²) in [5.41, 5.74) is 2.88. The number of methoxy groups -OCH3 is 2. The summed E-state index contributed by atoms with van der Waals surface area (Å²) in [6.45, 7) is 2.27. The highest BCUT2D eigenvalue weighted by Crippen LogP contribution is 2.38. The molecule has 1 aromatic heterocycles. The van der Waals surface area contributed by atoms with E-state index in [-0.39, 0.29) is 16.7 Å². The van der Waals surface area contributed by atoms with Crippen LogP contribution in [0.3, 0.4) is 0 Å². The molecule has 2 heterocycles. The van der Waals surface area contributed by atoms with Gasteiger partial charge in [0.05, 0.1) is 30.7 Å². The van der Waals surface area contributed by atoms with Crippen LogP contribution in [0.2, 0.25) is 0 Å². The Labute approximate surface area is 175 Å². The molecule has 30 heavy (non-hydrogen) atoms. The molecule has 0 bridgehead atoms. The van der Waals surface area contributed by atoms with Gasteiger partial charge in [0.2, 0.25) is 0 Å². The van der Waals surface area contributed by atoms with E-state index in [0.29, 0.717) is 12.1 Å². The van der Waals surface area contributed by atoms with Gasteiger partial charge in [0.15, 0.2) is 0 Å². The number of hydrogen-bond donors (Lipinski definition) is 0. The second-order valence-corrected chi connectivity index (χ2v) is 7.35. The summed E-state index contributed by atoms with van der Waals surface area (Å²) in [5, 5.41) is 11.8. The van der Waals surface area contributed by atoms with Crippen molar-refractivity contribution in [1.82, 2.24) is 9.47 Å². The molecule has 0 saturated carbocycles. The largest absolute Gasteiger partial charge is 0.497 e. The van der Waals surface area contributed by atoms with Gasteiger partial charge < -0.3 is 14.0 Å². The third-order valence-electron chi connectivity index (χ3n) is 5.64. The van der Waals surface area contributed by atoms with Gasteiger partial charge >= 0.3 is 0 Å². The highest BCUT2D eigenvalue weighted by molar-refractivity contribution is 5.46. The van der Waals surface area contributed by atoms with E-state index in [0.717, 1.165) is 42.3 Å². The van der Waals surface area contributed by atoms with Crippen LogP contribution >= 0.6 is 0 Å². The molecule has 0 aliphatic carbocycles. The molecule has 0 spiro atoms. The third-order valence-corrected chi connectivity index (χ3v) is 5.64. The third kappa shape index (κ3) is 3.76. The second-order valence-electron chi connectivity index (χ2n) is 7.35. The summed E-state index contributed by atoms with van der Waals surface area (Å²) >= 11 is 0. The van der Waals surface area contributed by atoms with Crippen LogP contribution in [-0.2, 0) is 13.1 Å². The van der Waals surface area contributed by atoms with E-state index in [4.69, 9.17) is 9.47 Å². The molecule has 7 nitrogen and oxygen atoms in total. The lowest BCUT2D eigenvalue weighted by Crippen LogP contribution is -2.30. The normalized spacial score (nSPS) is 16.5. The van der Waals surface area contributed by atoms with Crippen molar-refractivity contribution in [2.45, 2.75) is 25.6 Å². The summed E-state index contributed by atoms with van der Waals surface area (Å²) in [5.74, 6) is 1.53. The standard InChI is InChI=1S/C23H25N3O4/c1-29-18-10-11-22(30-2)17(15-18)16-25-14-6-13-24-12-5-9-21(24)23(25)19-7-3-4-8-20(19)26(27)28/h3-5,7-12,15,23H,6,13-14,16H2,1-2H3. The van der Waals surface area contributed by atoms with Gasteiger partial charge in [-0.2, -0.15) is 0 Å². The van der Waals surface area contributed by atoms with Gasteiger partial charge in [0.25, 0.3) is 5.69 Å². The Morgan fingerprint density at radius 1 is 1.07 bits per heavy atom. The van der Waals surface area contributed by atoms with Crippen LogP contribution in [-0.4, -0.2) is 35.2 Å². The zero-order valence-electron chi connectivity index (χ0n) is 17.2. The molecule has 0 N–H and O–H groups in total. The van der Waals surface area contributed by atoms with Crippen LogP contribution in [0.15, 0.2) is 60.8 Å². The van der Waals surface area contributed by atoms with Gasteiger partial charge in [-0.15, -0.1) is 0 Å². The Kier molecular flexibility index (Phi) is 5.72. The smallest absolute Gasteiger partial charge is 0.274 e. The molecule has 0 amide bonds. The minimum absolute atomic E-state index is 0.139. The minimum Gasteiger partial charge on any atom is -0.497 e. The van der Waals surface area contributed by atoms with Crippen molar-refractivity contribution in [3.63, 3.8) is 0 Å². The maximum absolute atomic E-state index is 11.8. The fourth-order valence-corrected chi connectivity index (χ4v) is 4.28. The number of nitrogens with zero attached hydrogens (tertiary/aromatic N) is 3. The first-order valence-electron chi connectivity index (χ1n) is 9.95. The Balaban J connectivity index is 1.82. The fraction of sp³-hybridized carbons (Fsp3) is 0.304. The van der Waals surface area contributed by atoms with Crippen LogP contribution in [0.4, 0.5) is 5.69 Å². The van der Waals surface area contributed by atoms with E-state index in [1.165, 1.54) is 0 Å². The van der Waals surface area contributed by atoms with Gasteiger partial charge in [0.1, 0.15) is 11.5 Å². The van der Waals surface area contributed by atoms with Crippen molar-refractivity contribution in [1.29, 1.82) is 0 Å². The van der Waals surface area contributed by atoms with Crippen molar-refractivity contribution in [2.75, 3.05) is 20.8 Å². The number of aromatic nitrogens is 1. The number of rotatable bonds is 6. The average molecular weight is 407 g/mol. The summed E-state index contributed by atoms with van der Waals surface area (Å²) in [6.07, 6.45) is 3.00. The predicted octanol–water partition coefficient (Wildman–Crippen LogP) is 4.41.